The summed E-state index contributed by atoms with van der Waals surface area (Å²) < 4.78 is 2.00. The number of hydrogen-bond donors (Lipinski definition) is 1. The van der Waals surface area contributed by atoms with Crippen molar-refractivity contribution >= 4 is 27.8 Å². The Bertz CT molecular complexity index is 1050. The van der Waals surface area contributed by atoms with Gasteiger partial charge in [0.25, 0.3) is 5.91 Å². The first-order chi connectivity index (χ1) is 11.7. The maximum atomic E-state index is 12.6. The first-order valence-electron chi connectivity index (χ1n) is 7.76. The molecule has 0 spiro atoms. The highest BCUT2D eigenvalue weighted by molar-refractivity contribution is 6.06. The summed E-state index contributed by atoms with van der Waals surface area (Å²) in [7, 11) is 1.96. The highest BCUT2D eigenvalue weighted by Gasteiger charge is 2.12. The molecule has 0 atom stereocenters. The molecule has 5 nitrogen and oxygen atoms in total. The van der Waals surface area contributed by atoms with Crippen molar-refractivity contribution in [3.63, 3.8) is 0 Å². The summed E-state index contributed by atoms with van der Waals surface area (Å²) in [6, 6.07) is 17.2. The van der Waals surface area contributed by atoms with E-state index in [4.69, 9.17) is 0 Å². The van der Waals surface area contributed by atoms with Gasteiger partial charge in [-0.3, -0.25) is 9.78 Å². The fourth-order valence-corrected chi connectivity index (χ4v) is 2.91. The average Bonchev–Trinajstić information content (AvgIpc) is 2.95. The number of rotatable bonds is 3. The van der Waals surface area contributed by atoms with E-state index in [0.717, 1.165) is 27.8 Å². The maximum absolute atomic E-state index is 12.6. The van der Waals surface area contributed by atoms with E-state index in [1.807, 2.05) is 66.2 Å². The zero-order valence-electron chi connectivity index (χ0n) is 13.2. The first-order valence-corrected chi connectivity index (χ1v) is 7.76. The molecule has 0 saturated heterocycles. The molecule has 0 aliphatic carbocycles. The van der Waals surface area contributed by atoms with Crippen molar-refractivity contribution in [3.8, 4) is 0 Å². The fourth-order valence-electron chi connectivity index (χ4n) is 2.91. The van der Waals surface area contributed by atoms with Gasteiger partial charge in [-0.15, -0.1) is 0 Å². The zero-order chi connectivity index (χ0) is 16.5. The molecule has 0 radical (unpaired) electrons. The molecule has 1 amide bonds. The minimum atomic E-state index is -0.124. The predicted octanol–water partition coefficient (Wildman–Crippen LogP) is 3.05. The van der Waals surface area contributed by atoms with Crippen molar-refractivity contribution < 1.29 is 4.79 Å². The van der Waals surface area contributed by atoms with Crippen LogP contribution >= 0.6 is 0 Å². The highest BCUT2D eigenvalue weighted by Crippen LogP contribution is 2.17. The van der Waals surface area contributed by atoms with Gasteiger partial charge < -0.3 is 9.88 Å². The third-order valence-corrected chi connectivity index (χ3v) is 4.18. The third-order valence-electron chi connectivity index (χ3n) is 4.18. The second kappa shape index (κ2) is 5.77. The molecule has 2 heterocycles. The predicted molar refractivity (Wildman–Crippen MR) is 93.6 cm³/mol. The van der Waals surface area contributed by atoms with Crippen LogP contribution in [0, 0.1) is 0 Å². The Labute approximate surface area is 139 Å². The molecule has 4 rings (SSSR count). The Morgan fingerprint density at radius 2 is 1.88 bits per heavy atom. The molecule has 0 aliphatic heterocycles. The minimum Gasteiger partial charge on any atom is -0.345 e. The normalized spacial score (nSPS) is 11.0. The topological polar surface area (TPSA) is 59.8 Å². The van der Waals surface area contributed by atoms with E-state index in [2.05, 4.69) is 15.3 Å². The molecular weight excluding hydrogens is 300 g/mol. The van der Waals surface area contributed by atoms with Crippen LogP contribution in [0.1, 0.15) is 16.2 Å². The van der Waals surface area contributed by atoms with Crippen LogP contribution in [-0.4, -0.2) is 20.4 Å². The number of amides is 1. The van der Waals surface area contributed by atoms with Gasteiger partial charge >= 0.3 is 0 Å². The summed E-state index contributed by atoms with van der Waals surface area (Å²) in [6.07, 6.45) is 1.73. The van der Waals surface area contributed by atoms with Crippen molar-refractivity contribution in [1.29, 1.82) is 0 Å². The molecule has 5 heteroatoms. The van der Waals surface area contributed by atoms with Crippen LogP contribution in [0.15, 0.2) is 60.8 Å². The Morgan fingerprint density at radius 1 is 1.04 bits per heavy atom. The number of aromatic nitrogens is 3. The van der Waals surface area contributed by atoms with E-state index < -0.39 is 0 Å². The second-order valence-electron chi connectivity index (χ2n) is 5.63. The molecular formula is C19H16N4O. The van der Waals surface area contributed by atoms with Crippen molar-refractivity contribution in [2.45, 2.75) is 6.54 Å². The molecule has 0 bridgehead atoms. The van der Waals surface area contributed by atoms with Gasteiger partial charge in [-0.2, -0.15) is 0 Å². The molecule has 2 aromatic heterocycles. The Hall–Kier alpha value is -3.21. The number of imidazole rings is 1. The van der Waals surface area contributed by atoms with Gasteiger partial charge in [0, 0.05) is 24.2 Å². The van der Waals surface area contributed by atoms with Crippen molar-refractivity contribution in [2.24, 2.45) is 7.05 Å². The number of aryl methyl sites for hydroxylation is 1. The number of fused-ring (bicyclic) bond motifs is 2. The fraction of sp³-hybridized carbons (Fsp3) is 0.105. The molecule has 0 unspecified atom stereocenters. The Balaban J connectivity index is 1.60. The van der Waals surface area contributed by atoms with Crippen LogP contribution in [0.25, 0.3) is 21.9 Å². The number of benzene rings is 2. The number of carbonyl (C=O) groups excluding carboxylic acids is 1. The number of nitrogens with one attached hydrogen (secondary N) is 1. The van der Waals surface area contributed by atoms with E-state index in [1.165, 1.54) is 0 Å². The molecule has 1 N–H and O–H groups in total. The van der Waals surface area contributed by atoms with E-state index in [-0.39, 0.29) is 5.91 Å². The molecule has 118 valence electrons. The second-order valence-corrected chi connectivity index (χ2v) is 5.63. The van der Waals surface area contributed by atoms with Crippen LogP contribution in [0.3, 0.4) is 0 Å². The summed E-state index contributed by atoms with van der Waals surface area (Å²) in [6.45, 7) is 0.376. The summed E-state index contributed by atoms with van der Waals surface area (Å²) in [5.41, 5.74) is 3.42. The summed E-state index contributed by atoms with van der Waals surface area (Å²) in [4.78, 5) is 21.4. The number of carbonyl (C=O) groups is 1. The molecule has 0 saturated carbocycles. The quantitative estimate of drug-likeness (QED) is 0.632. The number of hydrogen-bond acceptors (Lipinski definition) is 3. The van der Waals surface area contributed by atoms with E-state index in [1.54, 1.807) is 6.20 Å². The lowest BCUT2D eigenvalue weighted by atomic mass is 10.1. The van der Waals surface area contributed by atoms with Gasteiger partial charge in [0.05, 0.1) is 23.1 Å². The van der Waals surface area contributed by atoms with Crippen LogP contribution in [0.5, 0.6) is 0 Å². The third kappa shape index (κ3) is 2.40. The SMILES string of the molecule is Cn1c(CNC(=O)c2cccc3ncccc23)nc2ccccc21. The largest absolute Gasteiger partial charge is 0.345 e. The van der Waals surface area contributed by atoms with Crippen LogP contribution in [-0.2, 0) is 13.6 Å². The lowest BCUT2D eigenvalue weighted by molar-refractivity contribution is 0.0951. The van der Waals surface area contributed by atoms with Crippen molar-refractivity contribution in [1.82, 2.24) is 19.9 Å². The minimum absolute atomic E-state index is 0.124. The summed E-state index contributed by atoms with van der Waals surface area (Å²) >= 11 is 0. The van der Waals surface area contributed by atoms with Crippen LogP contribution in [0.4, 0.5) is 0 Å². The number of pyridine rings is 1. The van der Waals surface area contributed by atoms with E-state index in [9.17, 15) is 4.79 Å². The monoisotopic (exact) mass is 316 g/mol. The molecule has 0 aliphatic rings. The van der Waals surface area contributed by atoms with Gasteiger partial charge in [0.15, 0.2) is 0 Å². The van der Waals surface area contributed by atoms with Gasteiger partial charge in [-0.05, 0) is 30.3 Å². The summed E-state index contributed by atoms with van der Waals surface area (Å²) in [5.74, 6) is 0.698. The maximum Gasteiger partial charge on any atom is 0.252 e. The van der Waals surface area contributed by atoms with E-state index >= 15 is 0 Å². The van der Waals surface area contributed by atoms with Gasteiger partial charge in [-0.1, -0.05) is 24.3 Å². The lowest BCUT2D eigenvalue weighted by Crippen LogP contribution is -2.24. The Morgan fingerprint density at radius 3 is 2.75 bits per heavy atom. The number of nitrogens with zero attached hydrogens (tertiary/aromatic N) is 3. The standard InChI is InChI=1S/C19H16N4O/c1-23-17-10-3-2-8-16(17)22-18(23)12-21-19(24)14-6-4-9-15-13(14)7-5-11-20-15/h2-11H,12H2,1H3,(H,21,24). The van der Waals surface area contributed by atoms with Crippen LogP contribution in [0.2, 0.25) is 0 Å². The molecule has 2 aromatic carbocycles. The van der Waals surface area contributed by atoms with Crippen molar-refractivity contribution in [3.05, 3.63) is 72.2 Å². The first kappa shape index (κ1) is 14.4. The molecule has 0 fully saturated rings. The van der Waals surface area contributed by atoms with E-state index in [0.29, 0.717) is 12.1 Å². The van der Waals surface area contributed by atoms with Gasteiger partial charge in [0.1, 0.15) is 5.82 Å². The van der Waals surface area contributed by atoms with Gasteiger partial charge in [-0.25, -0.2) is 4.98 Å². The molecule has 4 aromatic rings. The summed E-state index contributed by atoms with van der Waals surface area (Å²) in [5, 5.41) is 3.81. The zero-order valence-corrected chi connectivity index (χ0v) is 13.2. The van der Waals surface area contributed by atoms with Crippen molar-refractivity contribution in [2.75, 3.05) is 0 Å². The number of para-hydroxylation sites is 2. The lowest BCUT2D eigenvalue weighted by Gasteiger charge is -2.08. The Kier molecular flexibility index (Phi) is 3.46. The van der Waals surface area contributed by atoms with Gasteiger partial charge in [0.2, 0.25) is 0 Å². The average molecular weight is 316 g/mol. The molecule has 24 heavy (non-hydrogen) atoms. The highest BCUT2D eigenvalue weighted by atomic mass is 16.1. The van der Waals surface area contributed by atoms with Crippen LogP contribution < -0.4 is 5.32 Å². The smallest absolute Gasteiger partial charge is 0.252 e.